The highest BCUT2D eigenvalue weighted by atomic mass is 127. The Labute approximate surface area is 196 Å². The molecule has 30 heavy (non-hydrogen) atoms. The number of anilines is 1. The quantitative estimate of drug-likeness (QED) is 0.355. The largest absolute Gasteiger partial charge is 0.493 e. The molecule has 0 aliphatic carbocycles. The summed E-state index contributed by atoms with van der Waals surface area (Å²) in [5, 5.41) is 3.44. The molecule has 0 unspecified atom stereocenters. The summed E-state index contributed by atoms with van der Waals surface area (Å²) in [5.41, 5.74) is 3.70. The molecular weight excluding hydrogens is 493 g/mol. The first-order chi connectivity index (χ1) is 14.0. The van der Waals surface area contributed by atoms with Crippen molar-refractivity contribution < 1.29 is 9.47 Å². The van der Waals surface area contributed by atoms with Gasteiger partial charge in [0.15, 0.2) is 17.5 Å². The van der Waals surface area contributed by atoms with Crippen LogP contribution in [0.1, 0.15) is 23.6 Å². The molecule has 164 valence electrons. The number of methoxy groups -OCH3 is 2. The summed E-state index contributed by atoms with van der Waals surface area (Å²) in [6.07, 6.45) is 2.78. The Kier molecular flexibility index (Phi) is 9.01. The average molecular weight is 525 g/mol. The van der Waals surface area contributed by atoms with Crippen molar-refractivity contribution in [1.82, 2.24) is 15.2 Å². The van der Waals surface area contributed by atoms with Crippen molar-refractivity contribution in [3.8, 4) is 11.5 Å². The van der Waals surface area contributed by atoms with Gasteiger partial charge in [0.05, 0.1) is 20.8 Å². The Morgan fingerprint density at radius 1 is 1.17 bits per heavy atom. The number of fused-ring (bicyclic) bond motifs is 1. The molecule has 0 amide bonds. The van der Waals surface area contributed by atoms with Gasteiger partial charge in [-0.2, -0.15) is 0 Å². The number of aliphatic imine (C=N–C) groups is 1. The Morgan fingerprint density at radius 3 is 2.50 bits per heavy atom. The van der Waals surface area contributed by atoms with Gasteiger partial charge in [-0.25, -0.2) is 9.98 Å². The van der Waals surface area contributed by atoms with Crippen molar-refractivity contribution in [3.63, 3.8) is 0 Å². The molecule has 1 aliphatic rings. The lowest BCUT2D eigenvalue weighted by Gasteiger charge is -2.32. The van der Waals surface area contributed by atoms with E-state index >= 15 is 0 Å². The van der Waals surface area contributed by atoms with E-state index in [1.165, 1.54) is 11.1 Å². The van der Waals surface area contributed by atoms with Gasteiger partial charge >= 0.3 is 0 Å². The van der Waals surface area contributed by atoms with E-state index in [4.69, 9.17) is 14.5 Å². The summed E-state index contributed by atoms with van der Waals surface area (Å²) in [6, 6.07) is 8.27. The maximum atomic E-state index is 5.48. The van der Waals surface area contributed by atoms with Crippen LogP contribution in [-0.4, -0.2) is 57.2 Å². The number of hydrogen-bond donors (Lipinski definition) is 1. The zero-order valence-electron chi connectivity index (χ0n) is 18.4. The number of halogens is 1. The molecule has 0 spiro atoms. The highest BCUT2D eigenvalue weighted by Gasteiger charge is 2.21. The minimum absolute atomic E-state index is 0. The maximum absolute atomic E-state index is 5.48. The molecule has 0 atom stereocenters. The monoisotopic (exact) mass is 525 g/mol. The molecule has 0 saturated heterocycles. The van der Waals surface area contributed by atoms with Crippen LogP contribution >= 0.6 is 24.0 Å². The molecule has 3 rings (SSSR count). The Bertz CT molecular complexity index is 873. The fraction of sp³-hybridized carbons (Fsp3) is 0.455. The van der Waals surface area contributed by atoms with Crippen LogP contribution in [0.5, 0.6) is 11.5 Å². The number of hydrogen-bond acceptors (Lipinski definition) is 5. The zero-order chi connectivity index (χ0) is 20.8. The Hall–Kier alpha value is -2.23. The zero-order valence-corrected chi connectivity index (χ0v) is 20.8. The van der Waals surface area contributed by atoms with Gasteiger partial charge < -0.3 is 24.6 Å². The second-order valence-corrected chi connectivity index (χ2v) is 7.23. The van der Waals surface area contributed by atoms with E-state index in [1.54, 1.807) is 14.2 Å². The first-order valence-corrected chi connectivity index (χ1v) is 9.95. The lowest BCUT2D eigenvalue weighted by molar-refractivity contribution is 0.346. The number of nitrogens with zero attached hydrogens (tertiary/aromatic N) is 4. The lowest BCUT2D eigenvalue weighted by Crippen LogP contribution is -2.44. The maximum Gasteiger partial charge on any atom is 0.194 e. The van der Waals surface area contributed by atoms with Gasteiger partial charge in [-0.1, -0.05) is 0 Å². The van der Waals surface area contributed by atoms with Gasteiger partial charge in [0.1, 0.15) is 5.82 Å². The molecule has 2 aromatic rings. The predicted octanol–water partition coefficient (Wildman–Crippen LogP) is 3.31. The predicted molar refractivity (Wildman–Crippen MR) is 132 cm³/mol. The molecule has 7 nitrogen and oxygen atoms in total. The van der Waals surface area contributed by atoms with Crippen molar-refractivity contribution in [1.29, 1.82) is 0 Å². The van der Waals surface area contributed by atoms with Gasteiger partial charge in [0.2, 0.25) is 0 Å². The van der Waals surface area contributed by atoms with Crippen molar-refractivity contribution in [3.05, 3.63) is 47.2 Å². The number of rotatable bonds is 6. The van der Waals surface area contributed by atoms with E-state index < -0.39 is 0 Å². The van der Waals surface area contributed by atoms with E-state index in [0.29, 0.717) is 6.54 Å². The normalized spacial score (nSPS) is 13.2. The van der Waals surface area contributed by atoms with Crippen LogP contribution in [0, 0.1) is 0 Å². The van der Waals surface area contributed by atoms with Gasteiger partial charge in [-0.15, -0.1) is 24.0 Å². The minimum atomic E-state index is 0. The molecule has 2 heterocycles. The molecule has 0 bridgehead atoms. The van der Waals surface area contributed by atoms with Crippen LogP contribution < -0.4 is 19.7 Å². The SMILES string of the molecule is CCNC(=NCc1ccnc(N(C)C)c1)N1CCc2cc(OC)c(OC)cc2C1.I. The topological polar surface area (TPSA) is 62.2 Å². The summed E-state index contributed by atoms with van der Waals surface area (Å²) < 4.78 is 10.9. The van der Waals surface area contributed by atoms with Gasteiger partial charge in [0.25, 0.3) is 0 Å². The molecule has 0 fully saturated rings. The molecule has 1 aromatic heterocycles. The smallest absolute Gasteiger partial charge is 0.194 e. The minimum Gasteiger partial charge on any atom is -0.493 e. The molecule has 1 aromatic carbocycles. The first kappa shape index (κ1) is 24.0. The van der Waals surface area contributed by atoms with Crippen molar-refractivity contribution in [2.24, 2.45) is 4.99 Å². The fourth-order valence-electron chi connectivity index (χ4n) is 3.46. The first-order valence-electron chi connectivity index (χ1n) is 9.95. The van der Waals surface area contributed by atoms with Gasteiger partial charge in [-0.3, -0.25) is 0 Å². The van der Waals surface area contributed by atoms with E-state index in [1.807, 2.05) is 31.3 Å². The van der Waals surface area contributed by atoms with Gasteiger partial charge in [0, 0.05) is 39.9 Å². The Balaban J connectivity index is 0.00000320. The van der Waals surface area contributed by atoms with E-state index in [2.05, 4.69) is 40.3 Å². The van der Waals surface area contributed by atoms with Crippen molar-refractivity contribution in [2.75, 3.05) is 46.3 Å². The van der Waals surface area contributed by atoms with E-state index in [0.717, 1.165) is 54.9 Å². The van der Waals surface area contributed by atoms with E-state index in [-0.39, 0.29) is 24.0 Å². The summed E-state index contributed by atoms with van der Waals surface area (Å²) >= 11 is 0. The van der Waals surface area contributed by atoms with Crippen LogP contribution in [0.4, 0.5) is 5.82 Å². The fourth-order valence-corrected chi connectivity index (χ4v) is 3.46. The Morgan fingerprint density at radius 2 is 1.87 bits per heavy atom. The molecular formula is C22H32IN5O2. The summed E-state index contributed by atoms with van der Waals surface area (Å²) in [5.74, 6) is 3.42. The number of benzene rings is 1. The van der Waals surface area contributed by atoms with Crippen LogP contribution in [0.2, 0.25) is 0 Å². The summed E-state index contributed by atoms with van der Waals surface area (Å²) in [6.45, 7) is 5.24. The highest BCUT2D eigenvalue weighted by Crippen LogP contribution is 2.33. The van der Waals surface area contributed by atoms with Crippen molar-refractivity contribution >= 4 is 35.8 Å². The molecule has 1 N–H and O–H groups in total. The summed E-state index contributed by atoms with van der Waals surface area (Å²) in [7, 11) is 7.34. The van der Waals surface area contributed by atoms with Crippen LogP contribution in [0.15, 0.2) is 35.5 Å². The number of aromatic nitrogens is 1. The lowest BCUT2D eigenvalue weighted by atomic mass is 9.99. The summed E-state index contributed by atoms with van der Waals surface area (Å²) in [4.78, 5) is 13.6. The standard InChI is InChI=1S/C22H31N5O2.HI/c1-6-23-22(25-14-16-7-9-24-21(11-16)26(2)3)27-10-8-17-12-19(28-4)20(29-5)13-18(17)15-27;/h7,9,11-13H,6,8,10,14-15H2,1-5H3,(H,23,25);1H. The number of nitrogens with one attached hydrogen (secondary N) is 1. The van der Waals surface area contributed by atoms with Gasteiger partial charge in [-0.05, 0) is 54.3 Å². The van der Waals surface area contributed by atoms with Crippen LogP contribution in [0.25, 0.3) is 0 Å². The molecule has 0 saturated carbocycles. The molecule has 0 radical (unpaired) electrons. The number of pyridine rings is 1. The second-order valence-electron chi connectivity index (χ2n) is 7.23. The van der Waals surface area contributed by atoms with Crippen LogP contribution in [0.3, 0.4) is 0 Å². The number of guanidine groups is 1. The molecule has 8 heteroatoms. The number of ether oxygens (including phenoxy) is 2. The van der Waals surface area contributed by atoms with E-state index in [9.17, 15) is 0 Å². The third kappa shape index (κ3) is 5.68. The van der Waals surface area contributed by atoms with Crippen LogP contribution in [-0.2, 0) is 19.5 Å². The third-order valence-electron chi connectivity index (χ3n) is 5.03. The average Bonchev–Trinajstić information content (AvgIpc) is 2.75. The third-order valence-corrected chi connectivity index (χ3v) is 5.03. The highest BCUT2D eigenvalue weighted by molar-refractivity contribution is 14.0. The second kappa shape index (κ2) is 11.2. The van der Waals surface area contributed by atoms with Crippen molar-refractivity contribution in [2.45, 2.75) is 26.4 Å². The molecule has 1 aliphatic heterocycles.